The standard InChI is InChI=1S/C14H21N3O/c1-9(2)17-11-7-5-6-10(8-15)12(11)16-13(18)14(17,3)4/h5-7,9H,8,15H2,1-4H3,(H,16,18). The number of fused-ring (bicyclic) bond motifs is 1. The third-order valence-electron chi connectivity index (χ3n) is 3.52. The molecule has 3 N–H and O–H groups in total. The fraction of sp³-hybridized carbons (Fsp3) is 0.500. The molecule has 0 radical (unpaired) electrons. The topological polar surface area (TPSA) is 58.4 Å². The first-order valence-corrected chi connectivity index (χ1v) is 6.32. The van der Waals surface area contributed by atoms with Crippen LogP contribution in [0, 0.1) is 0 Å². The maximum atomic E-state index is 12.3. The highest BCUT2D eigenvalue weighted by Crippen LogP contribution is 2.40. The molecule has 0 aromatic heterocycles. The minimum Gasteiger partial charge on any atom is -0.353 e. The van der Waals surface area contributed by atoms with Gasteiger partial charge < -0.3 is 16.0 Å². The summed E-state index contributed by atoms with van der Waals surface area (Å²) in [4.78, 5) is 14.4. The third-order valence-corrected chi connectivity index (χ3v) is 3.52. The first-order chi connectivity index (χ1) is 8.39. The van der Waals surface area contributed by atoms with Crippen molar-refractivity contribution in [2.75, 3.05) is 10.2 Å². The number of carbonyl (C=O) groups excluding carboxylic acids is 1. The lowest BCUT2D eigenvalue weighted by molar-refractivity contribution is -0.120. The SMILES string of the molecule is CC(C)N1c2cccc(CN)c2NC(=O)C1(C)C. The molecule has 0 spiro atoms. The average molecular weight is 247 g/mol. The maximum absolute atomic E-state index is 12.3. The van der Waals surface area contributed by atoms with Crippen LogP contribution in [-0.4, -0.2) is 17.5 Å². The van der Waals surface area contributed by atoms with E-state index in [4.69, 9.17) is 5.73 Å². The van der Waals surface area contributed by atoms with Crippen LogP contribution in [-0.2, 0) is 11.3 Å². The van der Waals surface area contributed by atoms with Gasteiger partial charge in [-0.1, -0.05) is 12.1 Å². The fourth-order valence-corrected chi connectivity index (χ4v) is 2.70. The van der Waals surface area contributed by atoms with E-state index in [2.05, 4.69) is 24.1 Å². The number of benzene rings is 1. The summed E-state index contributed by atoms with van der Waals surface area (Å²) in [6, 6.07) is 6.23. The summed E-state index contributed by atoms with van der Waals surface area (Å²) >= 11 is 0. The first kappa shape index (κ1) is 12.9. The molecule has 0 aliphatic carbocycles. The molecule has 98 valence electrons. The molecule has 0 fully saturated rings. The largest absolute Gasteiger partial charge is 0.353 e. The average Bonchev–Trinajstić information content (AvgIpc) is 2.29. The number of nitrogens with zero attached hydrogens (tertiary/aromatic N) is 1. The Morgan fingerprint density at radius 1 is 1.39 bits per heavy atom. The van der Waals surface area contributed by atoms with E-state index in [1.54, 1.807) is 0 Å². The lowest BCUT2D eigenvalue weighted by atomic mass is 9.93. The van der Waals surface area contributed by atoms with Gasteiger partial charge in [-0.2, -0.15) is 0 Å². The fourth-order valence-electron chi connectivity index (χ4n) is 2.70. The summed E-state index contributed by atoms with van der Waals surface area (Å²) in [6.45, 7) is 8.51. The van der Waals surface area contributed by atoms with E-state index in [0.717, 1.165) is 16.9 Å². The molecular weight excluding hydrogens is 226 g/mol. The van der Waals surface area contributed by atoms with Crippen LogP contribution in [0.15, 0.2) is 18.2 Å². The van der Waals surface area contributed by atoms with Crippen molar-refractivity contribution in [3.8, 4) is 0 Å². The van der Waals surface area contributed by atoms with Crippen LogP contribution in [0.5, 0.6) is 0 Å². The minimum absolute atomic E-state index is 0.0181. The lowest BCUT2D eigenvalue weighted by Gasteiger charge is -2.46. The van der Waals surface area contributed by atoms with E-state index < -0.39 is 5.54 Å². The van der Waals surface area contributed by atoms with Crippen molar-refractivity contribution in [3.05, 3.63) is 23.8 Å². The Balaban J connectivity index is 2.64. The van der Waals surface area contributed by atoms with Gasteiger partial charge in [-0.05, 0) is 39.3 Å². The van der Waals surface area contributed by atoms with Gasteiger partial charge in [0.2, 0.25) is 5.91 Å². The summed E-state index contributed by atoms with van der Waals surface area (Å²) in [7, 11) is 0. The Morgan fingerprint density at radius 2 is 2.06 bits per heavy atom. The molecule has 0 atom stereocenters. The van der Waals surface area contributed by atoms with E-state index in [0.29, 0.717) is 6.54 Å². The number of carbonyl (C=O) groups is 1. The molecule has 4 nitrogen and oxygen atoms in total. The van der Waals surface area contributed by atoms with Crippen molar-refractivity contribution in [1.82, 2.24) is 0 Å². The van der Waals surface area contributed by atoms with Gasteiger partial charge in [-0.15, -0.1) is 0 Å². The second kappa shape index (κ2) is 4.28. The summed E-state index contributed by atoms with van der Waals surface area (Å²) in [6.07, 6.45) is 0. The summed E-state index contributed by atoms with van der Waals surface area (Å²) in [5.41, 5.74) is 8.08. The second-order valence-corrected chi connectivity index (χ2v) is 5.49. The van der Waals surface area contributed by atoms with Crippen molar-refractivity contribution in [2.24, 2.45) is 5.73 Å². The highest BCUT2D eigenvalue weighted by molar-refractivity contribution is 6.07. The Labute approximate surface area is 108 Å². The van der Waals surface area contributed by atoms with Crippen LogP contribution < -0.4 is 16.0 Å². The van der Waals surface area contributed by atoms with E-state index in [9.17, 15) is 4.79 Å². The van der Waals surface area contributed by atoms with Gasteiger partial charge in [0, 0.05) is 12.6 Å². The number of amides is 1. The van der Waals surface area contributed by atoms with Crippen LogP contribution in [0.3, 0.4) is 0 Å². The molecule has 18 heavy (non-hydrogen) atoms. The van der Waals surface area contributed by atoms with Gasteiger partial charge in [0.05, 0.1) is 11.4 Å². The normalized spacial score (nSPS) is 17.7. The molecule has 1 aliphatic heterocycles. The molecular formula is C14H21N3O. The zero-order valence-electron chi connectivity index (χ0n) is 11.4. The van der Waals surface area contributed by atoms with Crippen molar-refractivity contribution in [1.29, 1.82) is 0 Å². The molecule has 1 aromatic rings. The van der Waals surface area contributed by atoms with Crippen LogP contribution in [0.25, 0.3) is 0 Å². The Bertz CT molecular complexity index is 480. The molecule has 0 saturated carbocycles. The second-order valence-electron chi connectivity index (χ2n) is 5.49. The minimum atomic E-state index is -0.547. The van der Waals surface area contributed by atoms with E-state index in [-0.39, 0.29) is 11.9 Å². The highest BCUT2D eigenvalue weighted by atomic mass is 16.2. The molecule has 4 heteroatoms. The van der Waals surface area contributed by atoms with Crippen LogP contribution >= 0.6 is 0 Å². The van der Waals surface area contributed by atoms with Gasteiger partial charge in [0.15, 0.2) is 0 Å². The Morgan fingerprint density at radius 3 is 2.61 bits per heavy atom. The predicted molar refractivity (Wildman–Crippen MR) is 74.7 cm³/mol. The number of nitrogens with one attached hydrogen (secondary N) is 1. The molecule has 0 unspecified atom stereocenters. The summed E-state index contributed by atoms with van der Waals surface area (Å²) in [5, 5.41) is 2.99. The van der Waals surface area contributed by atoms with E-state index in [1.165, 1.54) is 0 Å². The zero-order chi connectivity index (χ0) is 13.5. The van der Waals surface area contributed by atoms with Crippen molar-refractivity contribution >= 4 is 17.3 Å². The number of para-hydroxylation sites is 1. The quantitative estimate of drug-likeness (QED) is 0.841. The number of anilines is 2. The molecule has 2 rings (SSSR count). The summed E-state index contributed by atoms with van der Waals surface area (Å²) in [5.74, 6) is 0.0181. The number of nitrogens with two attached hydrogens (primary N) is 1. The first-order valence-electron chi connectivity index (χ1n) is 6.32. The van der Waals surface area contributed by atoms with Gasteiger partial charge in [-0.25, -0.2) is 0 Å². The van der Waals surface area contributed by atoms with Crippen molar-refractivity contribution < 1.29 is 4.79 Å². The maximum Gasteiger partial charge on any atom is 0.249 e. The molecule has 1 amide bonds. The van der Waals surface area contributed by atoms with E-state index in [1.807, 2.05) is 32.0 Å². The van der Waals surface area contributed by atoms with Gasteiger partial charge in [0.25, 0.3) is 0 Å². The van der Waals surface area contributed by atoms with Crippen LogP contribution in [0.4, 0.5) is 11.4 Å². The zero-order valence-corrected chi connectivity index (χ0v) is 11.4. The molecule has 0 bridgehead atoms. The smallest absolute Gasteiger partial charge is 0.249 e. The van der Waals surface area contributed by atoms with Crippen LogP contribution in [0.2, 0.25) is 0 Å². The number of rotatable bonds is 2. The molecule has 1 aliphatic rings. The molecule has 0 saturated heterocycles. The number of hydrogen-bond donors (Lipinski definition) is 2. The van der Waals surface area contributed by atoms with E-state index >= 15 is 0 Å². The third kappa shape index (κ3) is 1.77. The monoisotopic (exact) mass is 247 g/mol. The van der Waals surface area contributed by atoms with Crippen molar-refractivity contribution in [3.63, 3.8) is 0 Å². The van der Waals surface area contributed by atoms with Gasteiger partial charge in [0.1, 0.15) is 5.54 Å². The van der Waals surface area contributed by atoms with Gasteiger partial charge >= 0.3 is 0 Å². The molecule has 1 aromatic carbocycles. The van der Waals surface area contributed by atoms with Gasteiger partial charge in [-0.3, -0.25) is 4.79 Å². The summed E-state index contributed by atoms with van der Waals surface area (Å²) < 4.78 is 0. The van der Waals surface area contributed by atoms with Crippen molar-refractivity contribution in [2.45, 2.75) is 45.8 Å². The number of hydrogen-bond acceptors (Lipinski definition) is 3. The molecule has 1 heterocycles. The van der Waals surface area contributed by atoms with Crippen LogP contribution in [0.1, 0.15) is 33.3 Å². The Hall–Kier alpha value is -1.55. The predicted octanol–water partition coefficient (Wildman–Crippen LogP) is 2.09. The Kier molecular flexibility index (Phi) is 3.07. The lowest BCUT2D eigenvalue weighted by Crippen LogP contribution is -2.58. The highest BCUT2D eigenvalue weighted by Gasteiger charge is 2.41.